The number of anilines is 2. The van der Waals surface area contributed by atoms with E-state index < -0.39 is 12.1 Å². The molecule has 1 fully saturated rings. The van der Waals surface area contributed by atoms with Gasteiger partial charge in [-0.25, -0.2) is 9.78 Å². The minimum absolute atomic E-state index is 0.311. The summed E-state index contributed by atoms with van der Waals surface area (Å²) >= 11 is 0. The fourth-order valence-electron chi connectivity index (χ4n) is 3.99. The molecule has 7 nitrogen and oxygen atoms in total. The number of hydrogen-bond acceptors (Lipinski definition) is 4. The largest absolute Gasteiger partial charge is 0.357 e. The molecule has 4 rings (SSSR count). The van der Waals surface area contributed by atoms with E-state index in [0.717, 1.165) is 30.4 Å². The second kappa shape index (κ2) is 11.3. The molecule has 1 atom stereocenters. The van der Waals surface area contributed by atoms with E-state index in [1.54, 1.807) is 18.3 Å². The highest BCUT2D eigenvalue weighted by atomic mass is 16.2. The first-order valence-electron chi connectivity index (χ1n) is 11.7. The number of pyridine rings is 1. The zero-order chi connectivity index (χ0) is 23.8. The van der Waals surface area contributed by atoms with Crippen LogP contribution >= 0.6 is 0 Å². The van der Waals surface area contributed by atoms with E-state index in [0.29, 0.717) is 17.8 Å². The highest BCUT2D eigenvalue weighted by molar-refractivity contribution is 5.97. The zero-order valence-corrected chi connectivity index (χ0v) is 19.4. The fraction of sp³-hybridized carbons (Fsp3) is 0.296. The maximum Gasteiger partial charge on any atom is 0.315 e. The molecule has 0 aliphatic carbocycles. The van der Waals surface area contributed by atoms with Gasteiger partial charge < -0.3 is 20.9 Å². The van der Waals surface area contributed by atoms with Crippen LogP contribution in [0.2, 0.25) is 0 Å². The van der Waals surface area contributed by atoms with Crippen molar-refractivity contribution in [3.05, 3.63) is 90.1 Å². The van der Waals surface area contributed by atoms with Crippen LogP contribution in [0.5, 0.6) is 0 Å². The number of nitrogens with zero attached hydrogens (tertiary/aromatic N) is 2. The van der Waals surface area contributed by atoms with Crippen LogP contribution in [0, 0.1) is 5.92 Å². The Hall–Kier alpha value is -3.87. The Morgan fingerprint density at radius 1 is 0.971 bits per heavy atom. The lowest BCUT2D eigenvalue weighted by atomic mass is 9.99. The van der Waals surface area contributed by atoms with Crippen LogP contribution in [0.1, 0.15) is 36.9 Å². The Balaban J connectivity index is 1.35. The predicted octanol–water partition coefficient (Wildman–Crippen LogP) is 4.50. The number of carbonyl (C=O) groups is 2. The van der Waals surface area contributed by atoms with Crippen molar-refractivity contribution in [2.75, 3.05) is 23.3 Å². The normalized spacial score (nSPS) is 14.8. The summed E-state index contributed by atoms with van der Waals surface area (Å²) in [6.07, 6.45) is 4.17. The number of nitrogens with one attached hydrogen (secondary N) is 3. The summed E-state index contributed by atoms with van der Waals surface area (Å²) in [4.78, 5) is 32.5. The molecule has 7 heteroatoms. The molecule has 1 aromatic heterocycles. The lowest BCUT2D eigenvalue weighted by Crippen LogP contribution is -2.42. The highest BCUT2D eigenvalue weighted by Gasteiger charge is 2.23. The van der Waals surface area contributed by atoms with Gasteiger partial charge in [0.05, 0.1) is 0 Å². The van der Waals surface area contributed by atoms with Gasteiger partial charge in [0.25, 0.3) is 5.91 Å². The average Bonchev–Trinajstić information content (AvgIpc) is 2.88. The van der Waals surface area contributed by atoms with Crippen molar-refractivity contribution in [3.8, 4) is 0 Å². The van der Waals surface area contributed by atoms with Crippen LogP contribution < -0.4 is 20.9 Å². The molecular formula is C27H31N5O2. The van der Waals surface area contributed by atoms with Gasteiger partial charge in [0.2, 0.25) is 0 Å². The highest BCUT2D eigenvalue weighted by Crippen LogP contribution is 2.21. The molecule has 0 spiro atoms. The van der Waals surface area contributed by atoms with Crippen LogP contribution in [-0.4, -0.2) is 30.0 Å². The van der Waals surface area contributed by atoms with Crippen molar-refractivity contribution in [1.29, 1.82) is 0 Å². The number of carbonyl (C=O) groups excluding carboxylic acids is 2. The van der Waals surface area contributed by atoms with Crippen LogP contribution in [0.3, 0.4) is 0 Å². The molecule has 2 aromatic carbocycles. The topological polar surface area (TPSA) is 86.4 Å². The minimum atomic E-state index is -0.830. The van der Waals surface area contributed by atoms with Crippen LogP contribution in [0.4, 0.5) is 16.3 Å². The van der Waals surface area contributed by atoms with Gasteiger partial charge in [-0.3, -0.25) is 4.79 Å². The molecular weight excluding hydrogens is 426 g/mol. The molecule has 3 N–H and O–H groups in total. The van der Waals surface area contributed by atoms with Gasteiger partial charge in [-0.05, 0) is 48.1 Å². The lowest BCUT2D eigenvalue weighted by Gasteiger charge is -2.31. The van der Waals surface area contributed by atoms with Crippen LogP contribution in [0.15, 0.2) is 79.0 Å². The quantitative estimate of drug-likeness (QED) is 0.488. The fourth-order valence-corrected chi connectivity index (χ4v) is 3.99. The van der Waals surface area contributed by atoms with Crippen molar-refractivity contribution in [3.63, 3.8) is 0 Å². The van der Waals surface area contributed by atoms with Gasteiger partial charge in [-0.15, -0.1) is 0 Å². The van der Waals surface area contributed by atoms with E-state index in [2.05, 4.69) is 32.8 Å². The Kier molecular flexibility index (Phi) is 7.75. The van der Waals surface area contributed by atoms with E-state index in [-0.39, 0.29) is 5.91 Å². The van der Waals surface area contributed by atoms with Gasteiger partial charge in [0.1, 0.15) is 11.9 Å². The third kappa shape index (κ3) is 6.34. The van der Waals surface area contributed by atoms with Crippen LogP contribution in [-0.2, 0) is 11.3 Å². The molecule has 1 saturated heterocycles. The van der Waals surface area contributed by atoms with E-state index in [1.165, 1.54) is 12.8 Å². The summed E-state index contributed by atoms with van der Waals surface area (Å²) in [5, 5.41) is 8.50. The number of aromatic nitrogens is 1. The van der Waals surface area contributed by atoms with E-state index in [4.69, 9.17) is 0 Å². The van der Waals surface area contributed by atoms with Crippen molar-refractivity contribution in [2.24, 2.45) is 5.92 Å². The standard InChI is InChI=1S/C27H31N5O2/c1-20-14-16-32(17-15-20)24-13-12-21(18-28-24)19-29-27(34)31-25(22-8-4-2-5-9-22)26(33)30-23-10-6-3-7-11-23/h2-13,18,20,25H,14-17,19H2,1H3,(H,30,33)(H2,29,31,34). The van der Waals surface area contributed by atoms with E-state index >= 15 is 0 Å². The average molecular weight is 458 g/mol. The van der Waals surface area contributed by atoms with Gasteiger partial charge in [-0.1, -0.05) is 61.5 Å². The summed E-state index contributed by atoms with van der Waals surface area (Å²) < 4.78 is 0. The minimum Gasteiger partial charge on any atom is -0.357 e. The third-order valence-electron chi connectivity index (χ3n) is 6.08. The first kappa shape index (κ1) is 23.3. The molecule has 176 valence electrons. The molecule has 3 aromatic rings. The van der Waals surface area contributed by atoms with E-state index in [1.807, 2.05) is 60.7 Å². The molecule has 3 amide bonds. The molecule has 1 aliphatic rings. The number of hydrogen-bond donors (Lipinski definition) is 3. The number of rotatable bonds is 7. The smallest absolute Gasteiger partial charge is 0.315 e. The maximum atomic E-state index is 13.0. The Bertz CT molecular complexity index is 1070. The van der Waals surface area contributed by atoms with Gasteiger partial charge in [0.15, 0.2) is 0 Å². The van der Waals surface area contributed by atoms with Crippen molar-refractivity contribution < 1.29 is 9.59 Å². The number of piperidine rings is 1. The number of para-hydroxylation sites is 1. The predicted molar refractivity (Wildman–Crippen MR) is 134 cm³/mol. The Morgan fingerprint density at radius 2 is 1.65 bits per heavy atom. The third-order valence-corrected chi connectivity index (χ3v) is 6.08. The van der Waals surface area contributed by atoms with Gasteiger partial charge in [0, 0.05) is 31.5 Å². The Labute approximate surface area is 200 Å². The molecule has 1 aliphatic heterocycles. The second-order valence-corrected chi connectivity index (χ2v) is 8.72. The van der Waals surface area contributed by atoms with Crippen molar-refractivity contribution in [1.82, 2.24) is 15.6 Å². The van der Waals surface area contributed by atoms with Gasteiger partial charge >= 0.3 is 6.03 Å². The monoisotopic (exact) mass is 457 g/mol. The zero-order valence-electron chi connectivity index (χ0n) is 19.4. The molecule has 0 radical (unpaired) electrons. The number of benzene rings is 2. The SMILES string of the molecule is CC1CCN(c2ccc(CNC(=O)NC(C(=O)Nc3ccccc3)c3ccccc3)cn2)CC1. The van der Waals surface area contributed by atoms with E-state index in [9.17, 15) is 9.59 Å². The number of amides is 3. The molecule has 34 heavy (non-hydrogen) atoms. The van der Waals surface area contributed by atoms with Crippen molar-refractivity contribution in [2.45, 2.75) is 32.4 Å². The van der Waals surface area contributed by atoms with Crippen molar-refractivity contribution >= 4 is 23.4 Å². The van der Waals surface area contributed by atoms with Gasteiger partial charge in [-0.2, -0.15) is 0 Å². The van der Waals surface area contributed by atoms with Crippen LogP contribution in [0.25, 0.3) is 0 Å². The first-order valence-corrected chi connectivity index (χ1v) is 11.7. The number of urea groups is 1. The molecule has 0 saturated carbocycles. The first-order chi connectivity index (χ1) is 16.6. The summed E-state index contributed by atoms with van der Waals surface area (Å²) in [6, 6.07) is 21.1. The Morgan fingerprint density at radius 3 is 2.29 bits per heavy atom. The summed E-state index contributed by atoms with van der Waals surface area (Å²) in [5.74, 6) is 1.43. The summed E-state index contributed by atoms with van der Waals surface area (Å²) in [7, 11) is 0. The summed E-state index contributed by atoms with van der Waals surface area (Å²) in [5.41, 5.74) is 2.27. The molecule has 1 unspecified atom stereocenters. The lowest BCUT2D eigenvalue weighted by molar-refractivity contribution is -0.118. The molecule has 2 heterocycles. The molecule has 0 bridgehead atoms. The maximum absolute atomic E-state index is 13.0. The second-order valence-electron chi connectivity index (χ2n) is 8.72. The summed E-state index contributed by atoms with van der Waals surface area (Å²) in [6.45, 7) is 4.66.